The van der Waals surface area contributed by atoms with Crippen LogP contribution in [-0.4, -0.2) is 25.2 Å². The number of ether oxygens (including phenoxy) is 1. The third-order valence-electron chi connectivity index (χ3n) is 1.86. The Bertz CT molecular complexity index is 265. The smallest absolute Gasteiger partial charge is 0.0547 e. The number of methoxy groups -OCH3 is 1. The van der Waals surface area contributed by atoms with Crippen molar-refractivity contribution in [2.45, 2.75) is 12.8 Å². The Hall–Kier alpha value is -1.29. The lowest BCUT2D eigenvalue weighted by Gasteiger charge is -2.05. The van der Waals surface area contributed by atoms with Gasteiger partial charge in [-0.2, -0.15) is 0 Å². The zero-order valence-electron chi connectivity index (χ0n) is 8.49. The Morgan fingerprint density at radius 2 is 2.29 bits per heavy atom. The highest BCUT2D eigenvalue weighted by Gasteiger charge is 1.92. The molecule has 0 fully saturated rings. The molecule has 0 spiro atoms. The fraction of sp³-hybridized carbons (Fsp3) is 0.500. The predicted octanol–water partition coefficient (Wildman–Crippen LogP) is 1.50. The molecule has 0 saturated heterocycles. The van der Waals surface area contributed by atoms with Gasteiger partial charge in [-0.05, 0) is 18.9 Å². The highest BCUT2D eigenvalue weighted by molar-refractivity contribution is 5.50. The monoisotopic (exact) mass is 195 g/mol. The van der Waals surface area contributed by atoms with Gasteiger partial charge in [0.25, 0.3) is 0 Å². The van der Waals surface area contributed by atoms with Crippen LogP contribution in [0.2, 0.25) is 0 Å². The quantitative estimate of drug-likeness (QED) is 0.675. The summed E-state index contributed by atoms with van der Waals surface area (Å²) in [6.45, 7) is 1.74. The molecule has 0 radical (unpaired) electrons. The molecule has 3 N–H and O–H groups in total. The maximum absolute atomic E-state index is 5.59. The number of nitrogens with two attached hydrogens (primary N) is 1. The number of nitrogens with one attached hydrogen (secondary N) is 1. The molecule has 1 aromatic heterocycles. The topological polar surface area (TPSA) is 60.2 Å². The lowest BCUT2D eigenvalue weighted by molar-refractivity contribution is 0.194. The van der Waals surface area contributed by atoms with E-state index in [9.17, 15) is 0 Å². The van der Waals surface area contributed by atoms with Crippen LogP contribution in [0.4, 0.5) is 11.4 Å². The largest absolute Gasteiger partial charge is 0.397 e. The zero-order valence-corrected chi connectivity index (χ0v) is 8.49. The van der Waals surface area contributed by atoms with Crippen LogP contribution in [0, 0.1) is 0 Å². The molecule has 78 valence electrons. The van der Waals surface area contributed by atoms with E-state index in [4.69, 9.17) is 10.5 Å². The zero-order chi connectivity index (χ0) is 10.2. The lowest BCUT2D eigenvalue weighted by atomic mass is 10.3. The van der Waals surface area contributed by atoms with Gasteiger partial charge in [0.05, 0.1) is 17.6 Å². The van der Waals surface area contributed by atoms with E-state index in [0.717, 1.165) is 31.7 Å². The molecule has 14 heavy (non-hydrogen) atoms. The van der Waals surface area contributed by atoms with Crippen molar-refractivity contribution in [2.24, 2.45) is 0 Å². The molecule has 0 aliphatic heterocycles. The average Bonchev–Trinajstić information content (AvgIpc) is 2.18. The number of pyridine rings is 1. The van der Waals surface area contributed by atoms with Gasteiger partial charge in [-0.1, -0.05) is 0 Å². The molecule has 1 aromatic rings. The van der Waals surface area contributed by atoms with Crippen molar-refractivity contribution in [3.8, 4) is 0 Å². The van der Waals surface area contributed by atoms with Crippen LogP contribution in [-0.2, 0) is 4.74 Å². The molecular weight excluding hydrogens is 178 g/mol. The third kappa shape index (κ3) is 4.09. The Morgan fingerprint density at radius 1 is 1.43 bits per heavy atom. The molecule has 1 heterocycles. The van der Waals surface area contributed by atoms with Crippen molar-refractivity contribution < 1.29 is 4.74 Å². The maximum atomic E-state index is 5.59. The Balaban J connectivity index is 2.18. The second kappa shape index (κ2) is 6.21. The Kier molecular flexibility index (Phi) is 4.78. The molecule has 4 nitrogen and oxygen atoms in total. The van der Waals surface area contributed by atoms with Crippen molar-refractivity contribution in [3.63, 3.8) is 0 Å². The summed E-state index contributed by atoms with van der Waals surface area (Å²) in [5.74, 6) is 0. The number of hydrogen-bond donors (Lipinski definition) is 2. The first-order valence-electron chi connectivity index (χ1n) is 4.76. The summed E-state index contributed by atoms with van der Waals surface area (Å²) in [5, 5.41) is 3.25. The van der Waals surface area contributed by atoms with Crippen molar-refractivity contribution in [1.82, 2.24) is 4.98 Å². The molecule has 0 aromatic carbocycles. The van der Waals surface area contributed by atoms with Gasteiger partial charge in [0, 0.05) is 26.5 Å². The summed E-state index contributed by atoms with van der Waals surface area (Å²) < 4.78 is 4.95. The third-order valence-corrected chi connectivity index (χ3v) is 1.86. The van der Waals surface area contributed by atoms with Crippen LogP contribution >= 0.6 is 0 Å². The first kappa shape index (κ1) is 10.8. The number of nitrogens with zero attached hydrogens (tertiary/aromatic N) is 1. The standard InChI is InChI=1S/C10H17N3O/c1-14-5-3-2-4-13-10-6-9(11)7-12-8-10/h6-8,13H,2-5,11H2,1H3. The highest BCUT2D eigenvalue weighted by Crippen LogP contribution is 2.09. The van der Waals surface area contributed by atoms with E-state index in [1.54, 1.807) is 19.5 Å². The van der Waals surface area contributed by atoms with E-state index >= 15 is 0 Å². The number of nitrogen functional groups attached to an aromatic ring is 1. The number of hydrogen-bond acceptors (Lipinski definition) is 4. The van der Waals surface area contributed by atoms with Gasteiger partial charge in [-0.15, -0.1) is 0 Å². The molecule has 0 amide bonds. The molecule has 1 rings (SSSR count). The van der Waals surface area contributed by atoms with Crippen LogP contribution in [0.1, 0.15) is 12.8 Å². The summed E-state index contributed by atoms with van der Waals surface area (Å²) >= 11 is 0. The van der Waals surface area contributed by atoms with Crippen molar-refractivity contribution >= 4 is 11.4 Å². The van der Waals surface area contributed by atoms with Gasteiger partial charge in [0.2, 0.25) is 0 Å². The van der Waals surface area contributed by atoms with Gasteiger partial charge < -0.3 is 15.8 Å². The highest BCUT2D eigenvalue weighted by atomic mass is 16.5. The van der Waals surface area contributed by atoms with E-state index in [-0.39, 0.29) is 0 Å². The van der Waals surface area contributed by atoms with E-state index in [1.165, 1.54) is 0 Å². The van der Waals surface area contributed by atoms with Gasteiger partial charge in [0.15, 0.2) is 0 Å². The van der Waals surface area contributed by atoms with Crippen LogP contribution in [0.25, 0.3) is 0 Å². The van der Waals surface area contributed by atoms with E-state index in [2.05, 4.69) is 10.3 Å². The summed E-state index contributed by atoms with van der Waals surface area (Å²) in [7, 11) is 1.72. The number of rotatable bonds is 6. The average molecular weight is 195 g/mol. The van der Waals surface area contributed by atoms with E-state index in [0.29, 0.717) is 5.69 Å². The fourth-order valence-corrected chi connectivity index (χ4v) is 1.16. The second-order valence-electron chi connectivity index (χ2n) is 3.13. The van der Waals surface area contributed by atoms with Crippen LogP contribution in [0.15, 0.2) is 18.5 Å². The minimum Gasteiger partial charge on any atom is -0.397 e. The second-order valence-corrected chi connectivity index (χ2v) is 3.13. The Labute approximate surface area is 84.5 Å². The Morgan fingerprint density at radius 3 is 3.00 bits per heavy atom. The number of aromatic nitrogens is 1. The van der Waals surface area contributed by atoms with Crippen molar-refractivity contribution in [3.05, 3.63) is 18.5 Å². The first-order valence-corrected chi connectivity index (χ1v) is 4.76. The molecule has 0 atom stereocenters. The van der Waals surface area contributed by atoms with E-state index < -0.39 is 0 Å². The lowest BCUT2D eigenvalue weighted by Crippen LogP contribution is -2.03. The number of anilines is 2. The molecule has 0 bridgehead atoms. The summed E-state index contributed by atoms with van der Waals surface area (Å²) in [4.78, 5) is 3.99. The minimum atomic E-state index is 0.687. The van der Waals surface area contributed by atoms with Crippen LogP contribution in [0.5, 0.6) is 0 Å². The number of unbranched alkanes of at least 4 members (excludes halogenated alkanes) is 1. The van der Waals surface area contributed by atoms with Gasteiger partial charge >= 0.3 is 0 Å². The van der Waals surface area contributed by atoms with Crippen LogP contribution < -0.4 is 11.1 Å². The molecule has 0 aliphatic carbocycles. The summed E-state index contributed by atoms with van der Waals surface area (Å²) in [5.41, 5.74) is 7.25. The molecule has 0 unspecified atom stereocenters. The molecule has 0 saturated carbocycles. The fourth-order valence-electron chi connectivity index (χ4n) is 1.16. The van der Waals surface area contributed by atoms with Crippen LogP contribution in [0.3, 0.4) is 0 Å². The summed E-state index contributed by atoms with van der Waals surface area (Å²) in [6.07, 6.45) is 5.56. The molecule has 0 aliphatic rings. The van der Waals surface area contributed by atoms with Gasteiger partial charge in [-0.25, -0.2) is 0 Å². The minimum absolute atomic E-state index is 0.687. The van der Waals surface area contributed by atoms with Gasteiger partial charge in [0.1, 0.15) is 0 Å². The normalized spacial score (nSPS) is 10.1. The SMILES string of the molecule is COCCCCNc1cncc(N)c1. The molecular formula is C10H17N3O. The summed E-state index contributed by atoms with van der Waals surface area (Å²) in [6, 6.07) is 1.88. The van der Waals surface area contributed by atoms with Crippen molar-refractivity contribution in [2.75, 3.05) is 31.3 Å². The molecule has 4 heteroatoms. The van der Waals surface area contributed by atoms with Gasteiger partial charge in [-0.3, -0.25) is 4.98 Å². The first-order chi connectivity index (χ1) is 6.83. The van der Waals surface area contributed by atoms with E-state index in [1.807, 2.05) is 6.07 Å². The predicted molar refractivity (Wildman–Crippen MR) is 58.2 cm³/mol. The maximum Gasteiger partial charge on any atom is 0.0547 e. The van der Waals surface area contributed by atoms with Crippen molar-refractivity contribution in [1.29, 1.82) is 0 Å².